The molecular weight excluding hydrogens is 294 g/mol. The summed E-state index contributed by atoms with van der Waals surface area (Å²) >= 11 is 0. The molecule has 0 aromatic carbocycles. The Morgan fingerprint density at radius 2 is 1.67 bits per heavy atom. The summed E-state index contributed by atoms with van der Waals surface area (Å²) in [5, 5.41) is 0. The lowest BCUT2D eigenvalue weighted by Gasteiger charge is -2.24. The molecule has 0 bridgehead atoms. The highest BCUT2D eigenvalue weighted by Crippen LogP contribution is 2.13. The average molecular weight is 321 g/mol. The van der Waals surface area contributed by atoms with Crippen molar-refractivity contribution in [1.82, 2.24) is 4.72 Å². The smallest absolute Gasteiger partial charge is 0.324 e. The highest BCUT2D eigenvalue weighted by molar-refractivity contribution is 7.84. The fourth-order valence-corrected chi connectivity index (χ4v) is 2.06. The summed E-state index contributed by atoms with van der Waals surface area (Å²) < 4.78 is 24.3. The Balaban J connectivity index is 4.87. The van der Waals surface area contributed by atoms with Crippen molar-refractivity contribution in [2.75, 3.05) is 6.61 Å². The zero-order chi connectivity index (χ0) is 16.8. The van der Waals surface area contributed by atoms with Gasteiger partial charge in [0.1, 0.15) is 11.6 Å². The fourth-order valence-electron chi connectivity index (χ4n) is 1.27. The number of hydrogen-bond donors (Lipinski definition) is 1. The maximum absolute atomic E-state index is 12.1. The Kier molecular flexibility index (Phi) is 7.53. The van der Waals surface area contributed by atoms with Crippen LogP contribution in [0.25, 0.3) is 0 Å². The second-order valence-electron chi connectivity index (χ2n) is 6.59. The predicted molar refractivity (Wildman–Crippen MR) is 81.9 cm³/mol. The first kappa shape index (κ1) is 20.1. The van der Waals surface area contributed by atoms with Crippen LogP contribution in [0.4, 0.5) is 0 Å². The summed E-state index contributed by atoms with van der Waals surface area (Å²) in [5.74, 6) is -1.15. The van der Waals surface area contributed by atoms with Crippen LogP contribution in [-0.4, -0.2) is 39.1 Å². The zero-order valence-electron chi connectivity index (χ0n) is 13.9. The Morgan fingerprint density at radius 1 is 1.14 bits per heavy atom. The van der Waals surface area contributed by atoms with E-state index in [0.29, 0.717) is 0 Å². The van der Waals surface area contributed by atoms with Crippen LogP contribution in [-0.2, 0) is 30.0 Å². The molecule has 0 fully saturated rings. The van der Waals surface area contributed by atoms with Gasteiger partial charge in [0.15, 0.2) is 0 Å². The normalized spacial score (nSPS) is 15.2. The van der Waals surface area contributed by atoms with Crippen molar-refractivity contribution >= 4 is 22.9 Å². The largest absolute Gasteiger partial charge is 0.465 e. The van der Waals surface area contributed by atoms with Gasteiger partial charge in [-0.1, -0.05) is 0 Å². The van der Waals surface area contributed by atoms with E-state index in [1.165, 1.54) is 0 Å². The predicted octanol–water partition coefficient (Wildman–Crippen LogP) is 1.70. The van der Waals surface area contributed by atoms with Crippen molar-refractivity contribution in [2.45, 2.75) is 71.3 Å². The summed E-state index contributed by atoms with van der Waals surface area (Å²) in [6.07, 6.45) is -0.224. The van der Waals surface area contributed by atoms with Gasteiger partial charge in [0, 0.05) is 0 Å². The van der Waals surface area contributed by atoms with Gasteiger partial charge in [0.25, 0.3) is 0 Å². The fraction of sp³-hybridized carbons (Fsp3) is 0.857. The lowest BCUT2D eigenvalue weighted by molar-refractivity contribution is -0.159. The number of esters is 2. The molecule has 0 amide bonds. The molecule has 0 rings (SSSR count). The summed E-state index contributed by atoms with van der Waals surface area (Å²) in [6.45, 7) is 12.4. The molecule has 1 N–H and O–H groups in total. The Hall–Kier alpha value is -0.950. The van der Waals surface area contributed by atoms with Crippen molar-refractivity contribution < 1.29 is 23.3 Å². The molecule has 124 valence electrons. The van der Waals surface area contributed by atoms with Gasteiger partial charge < -0.3 is 9.47 Å². The summed E-state index contributed by atoms with van der Waals surface area (Å²) in [4.78, 5) is 23.7. The minimum absolute atomic E-state index is 0.188. The van der Waals surface area contributed by atoms with Gasteiger partial charge in [-0.05, 0) is 48.5 Å². The van der Waals surface area contributed by atoms with Gasteiger partial charge in [-0.2, -0.15) is 0 Å². The third-order valence-electron chi connectivity index (χ3n) is 2.17. The SMILES string of the molecule is CCOC(=O)[C@@H](CC(=O)OC(C)(C)C)N[S@](=O)C(C)(C)C. The minimum Gasteiger partial charge on any atom is -0.465 e. The van der Waals surface area contributed by atoms with E-state index in [1.807, 2.05) is 0 Å². The van der Waals surface area contributed by atoms with Gasteiger partial charge in [-0.15, -0.1) is 0 Å². The second-order valence-corrected chi connectivity index (χ2v) is 8.59. The molecular formula is C14H27NO5S. The Labute approximate surface area is 129 Å². The van der Waals surface area contributed by atoms with Crippen molar-refractivity contribution in [2.24, 2.45) is 0 Å². The lowest BCUT2D eigenvalue weighted by Crippen LogP contribution is -2.46. The number of ether oxygens (including phenoxy) is 2. The van der Waals surface area contributed by atoms with Crippen LogP contribution in [0.5, 0.6) is 0 Å². The van der Waals surface area contributed by atoms with Gasteiger partial charge in [-0.25, -0.2) is 8.93 Å². The van der Waals surface area contributed by atoms with Crippen LogP contribution in [0, 0.1) is 0 Å². The highest BCUT2D eigenvalue weighted by Gasteiger charge is 2.31. The van der Waals surface area contributed by atoms with Crippen molar-refractivity contribution in [3.05, 3.63) is 0 Å². The van der Waals surface area contributed by atoms with Crippen LogP contribution in [0.3, 0.4) is 0 Å². The molecule has 0 heterocycles. The average Bonchev–Trinajstić information content (AvgIpc) is 2.24. The van der Waals surface area contributed by atoms with Gasteiger partial charge >= 0.3 is 11.9 Å². The van der Waals surface area contributed by atoms with E-state index in [4.69, 9.17) is 9.47 Å². The van der Waals surface area contributed by atoms with Crippen LogP contribution < -0.4 is 4.72 Å². The van der Waals surface area contributed by atoms with Crippen LogP contribution in [0.15, 0.2) is 0 Å². The summed E-state index contributed by atoms with van der Waals surface area (Å²) in [7, 11) is -1.49. The maximum Gasteiger partial charge on any atom is 0.324 e. The van der Waals surface area contributed by atoms with Crippen LogP contribution in [0.1, 0.15) is 54.9 Å². The van der Waals surface area contributed by atoms with Crippen molar-refractivity contribution in [3.63, 3.8) is 0 Å². The van der Waals surface area contributed by atoms with Gasteiger partial charge in [-0.3, -0.25) is 9.59 Å². The van der Waals surface area contributed by atoms with E-state index in [0.717, 1.165) is 0 Å². The molecule has 6 nitrogen and oxygen atoms in total. The molecule has 0 radical (unpaired) electrons. The molecule has 0 aliphatic heterocycles. The van der Waals surface area contributed by atoms with Crippen LogP contribution in [0.2, 0.25) is 0 Å². The van der Waals surface area contributed by atoms with E-state index >= 15 is 0 Å². The number of carbonyl (C=O) groups excluding carboxylic acids is 2. The summed E-state index contributed by atoms with van der Waals surface area (Å²) in [5.41, 5.74) is -0.639. The van der Waals surface area contributed by atoms with E-state index in [2.05, 4.69) is 4.72 Å². The molecule has 0 aromatic rings. The second kappa shape index (κ2) is 7.89. The van der Waals surface area contributed by atoms with E-state index in [-0.39, 0.29) is 13.0 Å². The first-order valence-electron chi connectivity index (χ1n) is 6.93. The minimum atomic E-state index is -1.49. The van der Waals surface area contributed by atoms with Crippen molar-refractivity contribution in [1.29, 1.82) is 0 Å². The molecule has 0 saturated heterocycles. The molecule has 0 aliphatic carbocycles. The van der Waals surface area contributed by atoms with Crippen LogP contribution >= 0.6 is 0 Å². The van der Waals surface area contributed by atoms with Crippen molar-refractivity contribution in [3.8, 4) is 0 Å². The van der Waals surface area contributed by atoms with E-state index in [1.54, 1.807) is 48.5 Å². The molecule has 0 aromatic heterocycles. The number of carbonyl (C=O) groups is 2. The van der Waals surface area contributed by atoms with E-state index in [9.17, 15) is 13.8 Å². The van der Waals surface area contributed by atoms with Gasteiger partial charge in [0.2, 0.25) is 0 Å². The molecule has 2 atom stereocenters. The monoisotopic (exact) mass is 321 g/mol. The lowest BCUT2D eigenvalue weighted by atomic mass is 10.2. The molecule has 0 saturated carbocycles. The number of rotatable bonds is 6. The Bertz CT molecular complexity index is 395. The Morgan fingerprint density at radius 3 is 2.05 bits per heavy atom. The number of hydrogen-bond acceptors (Lipinski definition) is 5. The zero-order valence-corrected chi connectivity index (χ0v) is 14.8. The molecule has 21 heavy (non-hydrogen) atoms. The standard InChI is InChI=1S/C14H27NO5S/c1-8-19-12(17)10(15-21(18)14(5,6)7)9-11(16)20-13(2,3)4/h10,15H,8-9H2,1-7H3/t10-,21-/m1/s1. The third-order valence-corrected chi connectivity index (χ3v) is 3.78. The maximum atomic E-state index is 12.1. The van der Waals surface area contributed by atoms with E-state index < -0.39 is 39.3 Å². The molecule has 7 heteroatoms. The van der Waals surface area contributed by atoms with Gasteiger partial charge in [0.05, 0.1) is 28.8 Å². The third kappa shape index (κ3) is 8.83. The molecule has 0 spiro atoms. The molecule has 0 unspecified atom stereocenters. The topological polar surface area (TPSA) is 81.7 Å². The summed E-state index contributed by atoms with van der Waals surface area (Å²) in [6, 6.07) is -0.986. The number of nitrogens with one attached hydrogen (secondary N) is 1. The first-order valence-corrected chi connectivity index (χ1v) is 8.08. The highest BCUT2D eigenvalue weighted by atomic mass is 32.2. The first-order chi connectivity index (χ1) is 9.36. The molecule has 0 aliphatic rings. The quantitative estimate of drug-likeness (QED) is 0.753.